The molecule has 0 aliphatic heterocycles. The summed E-state index contributed by atoms with van der Waals surface area (Å²) in [6, 6.07) is 11.4. The van der Waals surface area contributed by atoms with Crippen LogP contribution in [0.3, 0.4) is 0 Å². The van der Waals surface area contributed by atoms with Crippen molar-refractivity contribution in [3.8, 4) is 11.1 Å². The Balaban J connectivity index is 0.000000555. The fraction of sp³-hybridized carbons (Fsp3) is 0.250. The van der Waals surface area contributed by atoms with Gasteiger partial charge >= 0.3 is 6.03 Å². The lowest BCUT2D eigenvalue weighted by molar-refractivity contribution is 0.0901. The van der Waals surface area contributed by atoms with E-state index in [1.54, 1.807) is 24.4 Å². The minimum absolute atomic E-state index is 0.000920. The summed E-state index contributed by atoms with van der Waals surface area (Å²) >= 11 is 0. The summed E-state index contributed by atoms with van der Waals surface area (Å²) in [5.41, 5.74) is 6.71. The average molecular weight is 481 g/mol. The van der Waals surface area contributed by atoms with Gasteiger partial charge in [0.15, 0.2) is 0 Å². The summed E-state index contributed by atoms with van der Waals surface area (Å²) in [5, 5.41) is 8.72. The van der Waals surface area contributed by atoms with Crippen LogP contribution in [0, 0.1) is 0 Å². The molecule has 2 amide bonds. The van der Waals surface area contributed by atoms with E-state index < -0.39 is 27.5 Å². The molecule has 3 aromatic rings. The topological polar surface area (TPSA) is 160 Å². The molecule has 0 saturated heterocycles. The SMILES string of the molecule is CC1(c2cc(NC(=O)Nc3ccc(-c4ccc(N)nc4)cc3)on2)CC1(F)F.CS(=O)(=O)O. The quantitative estimate of drug-likeness (QED) is 0.410. The van der Waals surface area contributed by atoms with Crippen LogP contribution in [0.5, 0.6) is 0 Å². The molecule has 4 rings (SSSR count). The number of rotatable bonds is 4. The fourth-order valence-corrected chi connectivity index (χ4v) is 2.87. The normalized spacial score (nSPS) is 18.6. The molecule has 1 aliphatic rings. The molecule has 10 nitrogen and oxygen atoms in total. The van der Waals surface area contributed by atoms with Crippen molar-refractivity contribution in [3.05, 3.63) is 54.4 Å². The van der Waals surface area contributed by atoms with Crippen molar-refractivity contribution in [3.63, 3.8) is 0 Å². The number of nitrogens with zero attached hydrogens (tertiary/aromatic N) is 2. The fourth-order valence-electron chi connectivity index (χ4n) is 2.87. The van der Waals surface area contributed by atoms with E-state index >= 15 is 0 Å². The highest BCUT2D eigenvalue weighted by atomic mass is 32.2. The van der Waals surface area contributed by atoms with Crippen molar-refractivity contribution in [2.75, 3.05) is 22.6 Å². The Morgan fingerprint density at radius 3 is 2.24 bits per heavy atom. The second-order valence-electron chi connectivity index (χ2n) is 7.65. The number of carbonyl (C=O) groups is 1. The molecule has 1 unspecified atom stereocenters. The van der Waals surface area contributed by atoms with E-state index in [4.69, 9.17) is 14.8 Å². The van der Waals surface area contributed by atoms with Gasteiger partial charge in [-0.3, -0.25) is 9.87 Å². The molecule has 0 bridgehead atoms. The van der Waals surface area contributed by atoms with Gasteiger partial charge in [-0.1, -0.05) is 17.3 Å². The van der Waals surface area contributed by atoms with Gasteiger partial charge in [0.05, 0.1) is 17.4 Å². The zero-order valence-electron chi connectivity index (χ0n) is 17.5. The summed E-state index contributed by atoms with van der Waals surface area (Å²) in [5.74, 6) is -2.36. The molecule has 176 valence electrons. The predicted octanol–water partition coefficient (Wildman–Crippen LogP) is 3.76. The Kier molecular flexibility index (Phi) is 6.38. The number of pyridine rings is 1. The number of aromatic nitrogens is 2. The van der Waals surface area contributed by atoms with Gasteiger partial charge in [-0.15, -0.1) is 0 Å². The summed E-state index contributed by atoms with van der Waals surface area (Å²) in [6.07, 6.45) is 2.09. The average Bonchev–Trinajstić information content (AvgIpc) is 3.01. The van der Waals surface area contributed by atoms with Crippen LogP contribution in [0.15, 0.2) is 53.2 Å². The van der Waals surface area contributed by atoms with Gasteiger partial charge in [0, 0.05) is 29.9 Å². The Hall–Kier alpha value is -3.58. The second-order valence-corrected chi connectivity index (χ2v) is 9.12. The number of nitrogens with two attached hydrogens (primary N) is 1. The van der Waals surface area contributed by atoms with E-state index in [9.17, 15) is 22.0 Å². The van der Waals surface area contributed by atoms with E-state index in [-0.39, 0.29) is 18.0 Å². The van der Waals surface area contributed by atoms with Crippen LogP contribution in [0.4, 0.5) is 31.0 Å². The van der Waals surface area contributed by atoms with Crippen LogP contribution in [-0.4, -0.2) is 41.3 Å². The number of urea groups is 1. The first-order valence-electron chi connectivity index (χ1n) is 9.44. The van der Waals surface area contributed by atoms with Gasteiger partial charge in [-0.2, -0.15) is 8.42 Å². The van der Waals surface area contributed by atoms with Crippen LogP contribution in [0.25, 0.3) is 11.1 Å². The molecule has 1 aliphatic carbocycles. The van der Waals surface area contributed by atoms with Gasteiger partial charge in [0.25, 0.3) is 16.0 Å². The number of nitrogen functional groups attached to an aromatic ring is 1. The minimum Gasteiger partial charge on any atom is -0.384 e. The largest absolute Gasteiger partial charge is 0.384 e. The number of alkyl halides is 2. The Bertz CT molecular complexity index is 1240. The maximum Gasteiger partial charge on any atom is 0.326 e. The maximum absolute atomic E-state index is 13.4. The van der Waals surface area contributed by atoms with Gasteiger partial charge in [0.1, 0.15) is 5.82 Å². The number of benzene rings is 1. The third-order valence-electron chi connectivity index (χ3n) is 4.83. The zero-order valence-corrected chi connectivity index (χ0v) is 18.4. The van der Waals surface area contributed by atoms with Gasteiger partial charge < -0.3 is 15.6 Å². The first-order chi connectivity index (χ1) is 15.3. The lowest BCUT2D eigenvalue weighted by Crippen LogP contribution is -2.19. The van der Waals surface area contributed by atoms with E-state index in [0.717, 1.165) is 11.1 Å². The van der Waals surface area contributed by atoms with E-state index in [1.807, 2.05) is 18.2 Å². The van der Waals surface area contributed by atoms with Crippen LogP contribution in [0.1, 0.15) is 19.0 Å². The zero-order chi connectivity index (χ0) is 24.4. The van der Waals surface area contributed by atoms with Gasteiger partial charge in [0.2, 0.25) is 5.88 Å². The highest BCUT2D eigenvalue weighted by molar-refractivity contribution is 7.85. The minimum atomic E-state index is -3.67. The van der Waals surface area contributed by atoms with Crippen LogP contribution >= 0.6 is 0 Å². The first-order valence-corrected chi connectivity index (χ1v) is 11.3. The van der Waals surface area contributed by atoms with E-state index in [1.165, 1.54) is 13.0 Å². The van der Waals surface area contributed by atoms with Crippen molar-refractivity contribution in [2.24, 2.45) is 0 Å². The summed E-state index contributed by atoms with van der Waals surface area (Å²) < 4.78 is 57.6. The molecule has 1 aromatic carbocycles. The molecular formula is C20H21F2N5O5S. The molecule has 5 N–H and O–H groups in total. The molecule has 0 spiro atoms. The highest BCUT2D eigenvalue weighted by Crippen LogP contribution is 2.61. The molecule has 2 heterocycles. The lowest BCUT2D eigenvalue weighted by Gasteiger charge is -2.07. The number of amides is 2. The monoisotopic (exact) mass is 481 g/mol. The number of anilines is 3. The molecule has 33 heavy (non-hydrogen) atoms. The summed E-state index contributed by atoms with van der Waals surface area (Å²) in [4.78, 5) is 16.1. The predicted molar refractivity (Wildman–Crippen MR) is 118 cm³/mol. The standard InChI is InChI=1S/C19H17F2N5O2.CH4O3S/c1-18(10-19(18,20)21)14-8-16(28-26-14)25-17(27)24-13-5-2-11(3-6-13)12-4-7-15(22)23-9-12;1-5(2,3)4/h2-9H,10H2,1H3,(H2,22,23)(H2,24,25,27);1H3,(H,2,3,4). The Morgan fingerprint density at radius 1 is 1.15 bits per heavy atom. The Labute approximate surface area is 187 Å². The highest BCUT2D eigenvalue weighted by Gasteiger charge is 2.70. The van der Waals surface area contributed by atoms with E-state index in [0.29, 0.717) is 17.8 Å². The van der Waals surface area contributed by atoms with Crippen LogP contribution in [-0.2, 0) is 15.5 Å². The molecule has 1 atom stereocenters. The molecule has 0 radical (unpaired) electrons. The number of hydrogen-bond donors (Lipinski definition) is 4. The van der Waals surface area contributed by atoms with Crippen LogP contribution < -0.4 is 16.4 Å². The van der Waals surface area contributed by atoms with Crippen LogP contribution in [0.2, 0.25) is 0 Å². The summed E-state index contributed by atoms with van der Waals surface area (Å²) in [7, 11) is -3.67. The number of halogens is 2. The molecule has 2 aromatic heterocycles. The smallest absolute Gasteiger partial charge is 0.326 e. The van der Waals surface area contributed by atoms with Gasteiger partial charge in [-0.25, -0.2) is 18.6 Å². The van der Waals surface area contributed by atoms with E-state index in [2.05, 4.69) is 20.8 Å². The van der Waals surface area contributed by atoms with Gasteiger partial charge in [-0.05, 0) is 36.8 Å². The molecule has 13 heteroatoms. The van der Waals surface area contributed by atoms with Crippen molar-refractivity contribution in [2.45, 2.75) is 24.7 Å². The third-order valence-corrected chi connectivity index (χ3v) is 4.83. The van der Waals surface area contributed by atoms with Crippen molar-refractivity contribution in [1.82, 2.24) is 10.1 Å². The lowest BCUT2D eigenvalue weighted by atomic mass is 10.1. The van der Waals surface area contributed by atoms with Crippen molar-refractivity contribution in [1.29, 1.82) is 0 Å². The van der Waals surface area contributed by atoms with Crippen molar-refractivity contribution >= 4 is 33.5 Å². The number of carbonyl (C=O) groups excluding carboxylic acids is 1. The molecule has 1 fully saturated rings. The molecule has 1 saturated carbocycles. The van der Waals surface area contributed by atoms with Crippen molar-refractivity contribution < 1.29 is 31.1 Å². The number of hydrogen-bond acceptors (Lipinski definition) is 7. The molecular weight excluding hydrogens is 460 g/mol. The maximum atomic E-state index is 13.4. The first kappa shape index (κ1) is 24.1. The third kappa shape index (κ3) is 6.23. The second kappa shape index (κ2) is 8.75. The Morgan fingerprint density at radius 2 is 1.73 bits per heavy atom. The number of nitrogens with one attached hydrogen (secondary N) is 2. The summed E-state index contributed by atoms with van der Waals surface area (Å²) in [6.45, 7) is 1.41.